The van der Waals surface area contributed by atoms with Crippen molar-refractivity contribution in [1.29, 1.82) is 10.8 Å². The van der Waals surface area contributed by atoms with E-state index in [0.717, 1.165) is 78.1 Å². The van der Waals surface area contributed by atoms with Crippen LogP contribution in [0.2, 0.25) is 0 Å². The van der Waals surface area contributed by atoms with Crippen molar-refractivity contribution in [1.82, 2.24) is 20.4 Å². The summed E-state index contributed by atoms with van der Waals surface area (Å²) in [6, 6.07) is 9.25. The Morgan fingerprint density at radius 1 is 0.986 bits per heavy atom. The van der Waals surface area contributed by atoms with Gasteiger partial charge in [0.2, 0.25) is 11.8 Å². The predicted octanol–water partition coefficient (Wildman–Crippen LogP) is 14.0. The van der Waals surface area contributed by atoms with E-state index >= 15 is 0 Å². The Hall–Kier alpha value is -5.81. The van der Waals surface area contributed by atoms with Gasteiger partial charge in [-0.25, -0.2) is 0 Å². The predicted molar refractivity (Wildman–Crippen MR) is 281 cm³/mol. The molecule has 0 bridgehead atoms. The summed E-state index contributed by atoms with van der Waals surface area (Å²) in [5, 5.41) is 23.5. The molecule has 1 aromatic heterocycles. The number of hydrogen-bond acceptors (Lipinski definition) is 9. The number of nitrogens with two attached hydrogens (primary N) is 1. The Morgan fingerprint density at radius 2 is 1.60 bits per heavy atom. The van der Waals surface area contributed by atoms with Crippen molar-refractivity contribution >= 4 is 35.1 Å². The number of ketones is 1. The number of aromatic nitrogens is 2. The lowest BCUT2D eigenvalue weighted by atomic mass is 9.83. The van der Waals surface area contributed by atoms with Gasteiger partial charge < -0.3 is 21.1 Å². The molecule has 0 saturated heterocycles. The fraction of sp³-hybridized carbons (Fsp3) is 0.564. The van der Waals surface area contributed by atoms with E-state index in [1.165, 1.54) is 25.6 Å². The highest BCUT2D eigenvalue weighted by molar-refractivity contribution is 6.08. The van der Waals surface area contributed by atoms with Crippen molar-refractivity contribution in [3.63, 3.8) is 0 Å². The van der Waals surface area contributed by atoms with Crippen molar-refractivity contribution < 1.29 is 45.1 Å². The molecule has 1 aliphatic carbocycles. The number of ether oxygens (including phenoxy) is 1. The quantitative estimate of drug-likeness (QED) is 0.0196. The third kappa shape index (κ3) is 20.9. The van der Waals surface area contributed by atoms with Gasteiger partial charge in [-0.3, -0.25) is 30.1 Å². The first kappa shape index (κ1) is 65.2. The Bertz CT molecular complexity index is 2260. The van der Waals surface area contributed by atoms with Gasteiger partial charge in [-0.2, -0.15) is 35.8 Å². The highest BCUT2D eigenvalue weighted by Crippen LogP contribution is 2.63. The van der Waals surface area contributed by atoms with Crippen LogP contribution in [0.3, 0.4) is 0 Å². The maximum absolute atomic E-state index is 13.3. The summed E-state index contributed by atoms with van der Waals surface area (Å²) in [6.07, 6.45) is 10.7. The number of benzene rings is 1. The summed E-state index contributed by atoms with van der Waals surface area (Å²) >= 11 is 0. The Morgan fingerprint density at radius 3 is 2.11 bits per heavy atom. The fourth-order valence-electron chi connectivity index (χ4n) is 8.16. The molecule has 408 valence electrons. The maximum Gasteiger partial charge on any atom is 0.435 e. The summed E-state index contributed by atoms with van der Waals surface area (Å²) in [4.78, 5) is 30.2. The van der Waals surface area contributed by atoms with E-state index in [1.54, 1.807) is 14.0 Å². The number of nitrogens with zero attached hydrogens (tertiary/aromatic N) is 3. The van der Waals surface area contributed by atoms with Crippen molar-refractivity contribution in [3.8, 4) is 0 Å². The maximum atomic E-state index is 13.3. The molecule has 0 aliphatic heterocycles. The van der Waals surface area contributed by atoms with E-state index in [2.05, 4.69) is 91.7 Å². The Labute approximate surface area is 429 Å². The number of alkyl halides is 7. The molecule has 1 heterocycles. The van der Waals surface area contributed by atoms with Crippen LogP contribution in [0.1, 0.15) is 162 Å². The molecule has 2 aromatic rings. The second-order valence-corrected chi connectivity index (χ2v) is 18.8. The van der Waals surface area contributed by atoms with Crippen LogP contribution in [0.5, 0.6) is 0 Å². The zero-order valence-electron chi connectivity index (χ0n) is 44.9. The van der Waals surface area contributed by atoms with Crippen LogP contribution >= 0.6 is 0 Å². The normalized spacial score (nSPS) is 17.7. The number of carbonyl (C=O) groups excluding carboxylic acids is 2. The number of carbonyl (C=O) groups is 2. The summed E-state index contributed by atoms with van der Waals surface area (Å²) in [7, 11) is 1.76. The highest BCUT2D eigenvalue weighted by Gasteiger charge is 2.59. The van der Waals surface area contributed by atoms with Crippen LogP contribution < -0.4 is 16.4 Å². The number of hydrogen-bond donors (Lipinski definition) is 5. The monoisotopic (exact) mass is 1030 g/mol. The molecule has 11 nitrogen and oxygen atoms in total. The van der Waals surface area contributed by atoms with E-state index in [4.69, 9.17) is 16.6 Å². The van der Waals surface area contributed by atoms with Crippen LogP contribution in [0.4, 0.5) is 30.7 Å². The molecule has 1 aliphatic rings. The van der Waals surface area contributed by atoms with Crippen molar-refractivity contribution in [3.05, 3.63) is 107 Å². The van der Waals surface area contributed by atoms with Gasteiger partial charge in [0.1, 0.15) is 5.78 Å². The first-order valence-electron chi connectivity index (χ1n) is 25.1. The molecule has 6 N–H and O–H groups in total. The standard InChI is InChI=1S/C29H42N2O.C24H33F7N6O2.C2H6/c1-8-16-29(28(32)21(6)10-3)18-26(29)24-14-12-23(13-15-24)22(11-4)17-25(19-31-7)27(30)20(5)9-2;1-5-6-7-15(12-34-21(25)26)10-14(2)20(38)35-23(3,4)13-37-17(11-18(36-37)24(29,30)31)16(32)8-9-19(33)39-22(27)28;1-2/h11-15,17,19-21,26H,4,8-10,16,18,30H2,1-3,5-7H3;8-9,11-12,14,21-22,32-34H,5-7,10,13H2,1-4H3,(H,35,38);1-2H3/b22-17+,27-25-,31-19?;9-8-,15-12+,32-16?,33-19?;. The number of aliphatic imine (C=N–C) groups is 1. The third-order valence-corrected chi connectivity index (χ3v) is 12.5. The van der Waals surface area contributed by atoms with Gasteiger partial charge in [0.25, 0.3) is 0 Å². The molecule has 5 atom stereocenters. The second-order valence-electron chi connectivity index (χ2n) is 18.8. The van der Waals surface area contributed by atoms with Gasteiger partial charge in [0, 0.05) is 54.1 Å². The highest BCUT2D eigenvalue weighted by atomic mass is 19.4. The molecule has 0 spiro atoms. The molecule has 0 radical (unpaired) electrons. The Balaban J connectivity index is 0.000000718. The summed E-state index contributed by atoms with van der Waals surface area (Å²) in [6.45, 7) is 18.9. The van der Waals surface area contributed by atoms with E-state index in [1.807, 2.05) is 38.4 Å². The third-order valence-electron chi connectivity index (χ3n) is 12.5. The van der Waals surface area contributed by atoms with Gasteiger partial charge in [-0.15, -0.1) is 0 Å². The molecular weight excluding hydrogens is 954 g/mol. The van der Waals surface area contributed by atoms with Gasteiger partial charge in [-0.1, -0.05) is 118 Å². The van der Waals surface area contributed by atoms with E-state index in [9.17, 15) is 40.3 Å². The number of amides is 1. The van der Waals surface area contributed by atoms with E-state index in [-0.39, 0.29) is 35.9 Å². The number of nitrogens with one attached hydrogen (secondary N) is 4. The summed E-state index contributed by atoms with van der Waals surface area (Å²) < 4.78 is 94.3. The molecule has 1 fully saturated rings. The first-order valence-corrected chi connectivity index (χ1v) is 25.1. The first-order chi connectivity index (χ1) is 34.2. The van der Waals surface area contributed by atoms with E-state index < -0.39 is 54.0 Å². The molecular formula is C55H81F7N8O3. The van der Waals surface area contributed by atoms with Crippen molar-refractivity contribution in [2.45, 2.75) is 171 Å². The van der Waals surface area contributed by atoms with Crippen molar-refractivity contribution in [2.75, 3.05) is 7.05 Å². The molecule has 1 aromatic carbocycles. The van der Waals surface area contributed by atoms with Crippen LogP contribution in [-0.2, 0) is 27.0 Å². The zero-order chi connectivity index (χ0) is 55.9. The molecule has 73 heavy (non-hydrogen) atoms. The van der Waals surface area contributed by atoms with Gasteiger partial charge in [0.15, 0.2) is 5.69 Å². The summed E-state index contributed by atoms with van der Waals surface area (Å²) in [5.74, 6) is -0.905. The number of Topliss-reactive ketones (excluding diaryl/α,β-unsaturated/α-hetero) is 1. The van der Waals surface area contributed by atoms with Crippen LogP contribution in [0.15, 0.2) is 89.3 Å². The molecule has 5 unspecified atom stereocenters. The zero-order valence-corrected chi connectivity index (χ0v) is 44.9. The molecule has 18 heteroatoms. The fourth-order valence-corrected chi connectivity index (χ4v) is 8.16. The lowest BCUT2D eigenvalue weighted by Gasteiger charge is -2.29. The number of halogens is 7. The lowest BCUT2D eigenvalue weighted by molar-refractivity contribution is -0.141. The topological polar surface area (TPSA) is 171 Å². The van der Waals surface area contributed by atoms with Gasteiger partial charge >= 0.3 is 19.3 Å². The number of rotatable bonds is 27. The average molecular weight is 1040 g/mol. The number of unbranched alkanes of at least 4 members (excludes halogenated alkanes) is 1. The largest absolute Gasteiger partial charge is 0.435 e. The minimum atomic E-state index is -4.86. The minimum absolute atomic E-state index is 0.141. The summed E-state index contributed by atoms with van der Waals surface area (Å²) in [5.41, 5.74) is 8.62. The lowest BCUT2D eigenvalue weighted by Crippen LogP contribution is -2.49. The number of allylic oxidation sites excluding steroid dienone is 7. The van der Waals surface area contributed by atoms with Crippen LogP contribution in [0.25, 0.3) is 5.57 Å². The second kappa shape index (κ2) is 31.0. The van der Waals surface area contributed by atoms with Crippen LogP contribution in [-0.4, -0.2) is 65.0 Å². The van der Waals surface area contributed by atoms with Crippen molar-refractivity contribution in [2.24, 2.45) is 33.9 Å². The minimum Gasteiger partial charge on any atom is -0.418 e. The molecule has 1 saturated carbocycles. The average Bonchev–Trinajstić information content (AvgIpc) is 3.91. The van der Waals surface area contributed by atoms with Crippen LogP contribution in [0, 0.1) is 34.0 Å². The van der Waals surface area contributed by atoms with Gasteiger partial charge in [-0.05, 0) is 106 Å². The molecule has 3 rings (SSSR count). The smallest absolute Gasteiger partial charge is 0.418 e. The molecule has 1 amide bonds. The SMILES string of the molecule is C=C/C(=C\C(C=NC)=C(\N)C(C)CC)c1ccc(C2CC2(CCC)C(=O)C(C)CC)cc1.CC.CCCC/C(=C\NC(F)F)CC(C)C(=O)NC(C)(C)Cn1nc(C(F)(F)F)cc1C(=N)/C=C\C(=N)OC(F)F. The van der Waals surface area contributed by atoms with E-state index in [0.29, 0.717) is 35.8 Å². The van der Waals surface area contributed by atoms with Gasteiger partial charge in [0.05, 0.1) is 23.5 Å². The Kier molecular flexibility index (Phi) is 27.7.